The molecule has 0 bridgehead atoms. The smallest absolute Gasteiger partial charge is 0.352 e. The van der Waals surface area contributed by atoms with Crippen LogP contribution in [0.1, 0.15) is 5.56 Å². The van der Waals surface area contributed by atoms with E-state index >= 15 is 0 Å². The zero-order valence-electron chi connectivity index (χ0n) is 15.1. The van der Waals surface area contributed by atoms with Crippen molar-refractivity contribution >= 4 is 27.8 Å². The van der Waals surface area contributed by atoms with Crippen LogP contribution in [-0.4, -0.2) is 59.3 Å². The van der Waals surface area contributed by atoms with E-state index in [2.05, 4.69) is 19.9 Å². The summed E-state index contributed by atoms with van der Waals surface area (Å²) >= 11 is 0. The minimum atomic E-state index is -5.93. The van der Waals surface area contributed by atoms with Crippen molar-refractivity contribution in [3.8, 4) is 0 Å². The Hall–Kier alpha value is -2.69. The lowest BCUT2D eigenvalue weighted by Crippen LogP contribution is -2.45. The molecule has 29 heavy (non-hydrogen) atoms. The predicted octanol–water partition coefficient (Wildman–Crippen LogP) is 3.72. The molecule has 0 amide bonds. The third kappa shape index (κ3) is 3.22. The average Bonchev–Trinajstić information content (AvgIpc) is 2.66. The van der Waals surface area contributed by atoms with Gasteiger partial charge in [0.1, 0.15) is 16.9 Å². The van der Waals surface area contributed by atoms with Gasteiger partial charge in [-0.2, -0.15) is 22.0 Å². The van der Waals surface area contributed by atoms with Gasteiger partial charge in [0.05, 0.1) is 11.1 Å². The lowest BCUT2D eigenvalue weighted by Gasteiger charge is -2.33. The van der Waals surface area contributed by atoms with E-state index in [4.69, 9.17) is 0 Å². The summed E-state index contributed by atoms with van der Waals surface area (Å²) in [4.78, 5) is 16.7. The highest BCUT2D eigenvalue weighted by molar-refractivity contribution is 6.06. The Morgan fingerprint density at radius 1 is 0.897 bits per heavy atom. The van der Waals surface area contributed by atoms with Gasteiger partial charge in [0.2, 0.25) is 0 Å². The van der Waals surface area contributed by atoms with E-state index in [1.54, 1.807) is 0 Å². The van der Waals surface area contributed by atoms with Crippen LogP contribution in [0, 0.1) is 5.82 Å². The molecule has 5 nitrogen and oxygen atoms in total. The summed E-state index contributed by atoms with van der Waals surface area (Å²) in [5.74, 6) is -6.64. The molecule has 1 aliphatic heterocycles. The van der Waals surface area contributed by atoms with Gasteiger partial charge in [-0.3, -0.25) is 4.98 Å². The van der Waals surface area contributed by atoms with Crippen LogP contribution in [0.25, 0.3) is 21.9 Å². The van der Waals surface area contributed by atoms with Crippen molar-refractivity contribution in [2.24, 2.45) is 0 Å². The molecule has 0 aliphatic carbocycles. The zero-order chi connectivity index (χ0) is 21.0. The van der Waals surface area contributed by atoms with Crippen LogP contribution in [0.4, 0.5) is 32.2 Å². The van der Waals surface area contributed by atoms with Crippen molar-refractivity contribution in [1.29, 1.82) is 0 Å². The van der Waals surface area contributed by atoms with Crippen molar-refractivity contribution in [3.05, 3.63) is 35.9 Å². The molecule has 1 saturated heterocycles. The molecule has 154 valence electrons. The Balaban J connectivity index is 1.95. The highest BCUT2D eigenvalue weighted by atomic mass is 19.4. The number of hydrogen-bond acceptors (Lipinski definition) is 5. The predicted molar refractivity (Wildman–Crippen MR) is 94.5 cm³/mol. The van der Waals surface area contributed by atoms with Crippen molar-refractivity contribution in [1.82, 2.24) is 19.9 Å². The van der Waals surface area contributed by atoms with Crippen LogP contribution >= 0.6 is 0 Å². The molecule has 0 N–H and O–H groups in total. The molecular formula is C18H15F6N5. The van der Waals surface area contributed by atoms with E-state index in [9.17, 15) is 26.3 Å². The molecule has 1 aromatic carbocycles. The molecule has 0 radical (unpaired) electrons. The number of nitrogens with zero attached hydrogens (tertiary/aromatic N) is 5. The van der Waals surface area contributed by atoms with Crippen LogP contribution in [0.3, 0.4) is 0 Å². The molecular weight excluding hydrogens is 400 g/mol. The van der Waals surface area contributed by atoms with Gasteiger partial charge in [-0.05, 0) is 13.1 Å². The molecule has 2 aromatic heterocycles. The van der Waals surface area contributed by atoms with E-state index in [0.29, 0.717) is 31.0 Å². The van der Waals surface area contributed by atoms with Crippen LogP contribution in [0.2, 0.25) is 0 Å². The number of halogens is 6. The minimum Gasteiger partial charge on any atom is -0.352 e. The Bertz CT molecular complexity index is 1080. The maximum absolute atomic E-state index is 14.3. The Morgan fingerprint density at radius 2 is 1.52 bits per heavy atom. The van der Waals surface area contributed by atoms with Gasteiger partial charge >= 0.3 is 12.1 Å². The average molecular weight is 415 g/mol. The summed E-state index contributed by atoms with van der Waals surface area (Å²) in [6.45, 7) is 2.69. The topological polar surface area (TPSA) is 45.2 Å². The number of benzene rings is 1. The first-order valence-electron chi connectivity index (χ1n) is 8.72. The number of alkyl halides is 5. The van der Waals surface area contributed by atoms with Gasteiger partial charge in [-0.1, -0.05) is 0 Å². The summed E-state index contributed by atoms with van der Waals surface area (Å²) in [6.07, 6.45) is -3.26. The maximum Gasteiger partial charge on any atom is 0.458 e. The molecule has 3 aromatic rings. The number of pyridine rings is 1. The molecule has 1 aliphatic rings. The first-order valence-corrected chi connectivity index (χ1v) is 8.72. The maximum atomic E-state index is 14.3. The SMILES string of the molecule is CN1CCN(c2nc3cc(F)c(C(F)(F)C(F)(F)F)cc3c3nccnc23)CC1. The third-order valence-corrected chi connectivity index (χ3v) is 4.97. The number of piperazine rings is 1. The molecule has 1 fully saturated rings. The number of fused-ring (bicyclic) bond motifs is 3. The third-order valence-electron chi connectivity index (χ3n) is 4.97. The molecule has 3 heterocycles. The van der Waals surface area contributed by atoms with Gasteiger partial charge in [-0.25, -0.2) is 14.4 Å². The second kappa shape index (κ2) is 6.68. The molecule has 4 rings (SSSR count). The monoisotopic (exact) mass is 415 g/mol. The molecule has 0 unspecified atom stereocenters. The van der Waals surface area contributed by atoms with Crippen LogP contribution in [-0.2, 0) is 5.92 Å². The van der Waals surface area contributed by atoms with Crippen molar-refractivity contribution in [3.63, 3.8) is 0 Å². The first kappa shape index (κ1) is 19.6. The van der Waals surface area contributed by atoms with Crippen LogP contribution in [0.15, 0.2) is 24.5 Å². The quantitative estimate of drug-likeness (QED) is 0.472. The summed E-state index contributed by atoms with van der Waals surface area (Å²) in [6, 6.07) is 1.06. The van der Waals surface area contributed by atoms with Crippen molar-refractivity contribution < 1.29 is 26.3 Å². The number of anilines is 1. The van der Waals surface area contributed by atoms with Crippen LogP contribution in [0.5, 0.6) is 0 Å². The van der Waals surface area contributed by atoms with Gasteiger partial charge in [0.25, 0.3) is 0 Å². The fourth-order valence-electron chi connectivity index (χ4n) is 3.34. The van der Waals surface area contributed by atoms with E-state index in [-0.39, 0.29) is 21.9 Å². The number of hydrogen-bond donors (Lipinski definition) is 0. The fraction of sp³-hybridized carbons (Fsp3) is 0.389. The lowest BCUT2D eigenvalue weighted by atomic mass is 10.0. The Morgan fingerprint density at radius 3 is 2.14 bits per heavy atom. The van der Waals surface area contributed by atoms with Crippen molar-refractivity contribution in [2.75, 3.05) is 38.1 Å². The second-order valence-corrected chi connectivity index (χ2v) is 6.90. The van der Waals surface area contributed by atoms with E-state index in [1.165, 1.54) is 12.4 Å². The number of aromatic nitrogens is 3. The highest BCUT2D eigenvalue weighted by Gasteiger charge is 2.60. The fourth-order valence-corrected chi connectivity index (χ4v) is 3.34. The van der Waals surface area contributed by atoms with Gasteiger partial charge in [-0.15, -0.1) is 0 Å². The summed E-state index contributed by atoms with van der Waals surface area (Å²) in [5, 5.41) is -0.119. The van der Waals surface area contributed by atoms with Crippen LogP contribution < -0.4 is 4.90 Å². The molecule has 0 spiro atoms. The number of rotatable bonds is 2. The standard InChI is InChI=1S/C18H15F6N5/c1-28-4-6-29(7-5-28)16-15-14(25-2-3-26-15)10-8-11(12(19)9-13(10)27-16)17(20,21)18(22,23)24/h2-3,8-9H,4-7H2,1H3. The Kier molecular flexibility index (Phi) is 4.52. The molecule has 0 saturated carbocycles. The van der Waals surface area contributed by atoms with Gasteiger partial charge < -0.3 is 9.80 Å². The largest absolute Gasteiger partial charge is 0.458 e. The normalized spacial score (nSPS) is 16.7. The Labute approximate surface area is 161 Å². The van der Waals surface area contributed by atoms with E-state index in [0.717, 1.165) is 13.1 Å². The molecule has 0 atom stereocenters. The van der Waals surface area contributed by atoms with E-state index < -0.39 is 23.5 Å². The first-order chi connectivity index (χ1) is 13.6. The van der Waals surface area contributed by atoms with E-state index in [1.807, 2.05) is 11.9 Å². The van der Waals surface area contributed by atoms with Crippen molar-refractivity contribution in [2.45, 2.75) is 12.1 Å². The lowest BCUT2D eigenvalue weighted by molar-refractivity contribution is -0.290. The van der Waals surface area contributed by atoms with Gasteiger partial charge in [0.15, 0.2) is 5.82 Å². The summed E-state index contributed by atoms with van der Waals surface area (Å²) in [5.41, 5.74) is -1.48. The molecule has 11 heteroatoms. The number of likely N-dealkylation sites (N-methyl/N-ethyl adjacent to an activating group) is 1. The minimum absolute atomic E-state index is 0.0637. The summed E-state index contributed by atoms with van der Waals surface area (Å²) < 4.78 is 80.3. The highest BCUT2D eigenvalue weighted by Crippen LogP contribution is 2.46. The second-order valence-electron chi connectivity index (χ2n) is 6.90. The van der Waals surface area contributed by atoms with Gasteiger partial charge in [0, 0.05) is 50.0 Å². The summed E-state index contributed by atoms with van der Waals surface area (Å²) in [7, 11) is 1.96. The zero-order valence-corrected chi connectivity index (χ0v) is 15.1.